The second kappa shape index (κ2) is 4.28. The fourth-order valence-corrected chi connectivity index (χ4v) is 2.03. The minimum absolute atomic E-state index is 0.257. The number of hydrogen-bond acceptors (Lipinski definition) is 1. The quantitative estimate of drug-likeness (QED) is 0.628. The number of urea groups is 1. The van der Waals surface area contributed by atoms with Gasteiger partial charge in [-0.25, -0.2) is 10.1 Å². The maximum atomic E-state index is 11.9. The second-order valence-corrected chi connectivity index (χ2v) is 4.28. The summed E-state index contributed by atoms with van der Waals surface area (Å²) in [5.41, 5.74) is 0. The first-order valence-electron chi connectivity index (χ1n) is 4.91. The molecule has 0 spiro atoms. The van der Waals surface area contributed by atoms with Gasteiger partial charge in [-0.3, -0.25) is 0 Å². The molecule has 0 aromatic rings. The largest absolute Gasteiger partial charge is 0.485 e. The van der Waals surface area contributed by atoms with Gasteiger partial charge in [0.15, 0.2) is 0 Å². The van der Waals surface area contributed by atoms with Crippen LogP contribution in [-0.2, 0) is 0 Å². The molecule has 0 radical (unpaired) electrons. The van der Waals surface area contributed by atoms with Crippen LogP contribution in [0.25, 0.3) is 0 Å². The highest BCUT2D eigenvalue weighted by atomic mass is 19.4. The van der Waals surface area contributed by atoms with Gasteiger partial charge >= 0.3 is 12.3 Å². The Bertz CT molecular complexity index is 232. The number of alkyl halides is 3. The molecular weight excluding hydrogens is 209 g/mol. The molecule has 1 aliphatic heterocycles. The lowest BCUT2D eigenvalue weighted by molar-refractivity contribution is -0.148. The Labute approximate surface area is 86.6 Å². The lowest BCUT2D eigenvalue weighted by atomic mass is 9.92. The molecular formula is C9H15F3N2O. The van der Waals surface area contributed by atoms with Crippen LogP contribution in [0.1, 0.15) is 20.3 Å². The molecule has 0 aliphatic carbocycles. The topological polar surface area (TPSA) is 32.3 Å². The Hall–Kier alpha value is -0.940. The smallest absolute Gasteiger partial charge is 0.324 e. The maximum absolute atomic E-state index is 11.9. The first-order chi connectivity index (χ1) is 6.78. The third-order valence-electron chi connectivity index (χ3n) is 2.40. The van der Waals surface area contributed by atoms with Gasteiger partial charge in [-0.2, -0.15) is 13.2 Å². The fourth-order valence-electron chi connectivity index (χ4n) is 2.03. The summed E-state index contributed by atoms with van der Waals surface area (Å²) < 4.78 is 35.7. The number of carbonyl (C=O) groups is 1. The first-order valence-corrected chi connectivity index (χ1v) is 4.91. The molecule has 0 bridgehead atoms. The van der Waals surface area contributed by atoms with E-state index in [2.05, 4.69) is 0 Å². The van der Waals surface area contributed by atoms with Crippen molar-refractivity contribution in [2.45, 2.75) is 26.6 Å². The van der Waals surface area contributed by atoms with Crippen molar-refractivity contribution in [2.75, 3.05) is 13.1 Å². The molecule has 1 aliphatic rings. The van der Waals surface area contributed by atoms with Gasteiger partial charge in [0.25, 0.3) is 0 Å². The van der Waals surface area contributed by atoms with Gasteiger partial charge in [-0.1, -0.05) is 13.8 Å². The molecule has 2 unspecified atom stereocenters. The number of nitrogens with one attached hydrogen (secondary N) is 1. The molecule has 1 heterocycles. The fraction of sp³-hybridized carbons (Fsp3) is 0.889. The van der Waals surface area contributed by atoms with E-state index < -0.39 is 12.3 Å². The predicted octanol–water partition coefficient (Wildman–Crippen LogP) is 2.19. The molecule has 88 valence electrons. The van der Waals surface area contributed by atoms with Crippen LogP contribution in [0.4, 0.5) is 18.0 Å². The van der Waals surface area contributed by atoms with E-state index in [1.807, 2.05) is 13.8 Å². The van der Waals surface area contributed by atoms with Crippen molar-refractivity contribution < 1.29 is 18.0 Å². The zero-order valence-electron chi connectivity index (χ0n) is 8.77. The van der Waals surface area contributed by atoms with E-state index in [-0.39, 0.29) is 11.8 Å². The van der Waals surface area contributed by atoms with E-state index in [0.717, 1.165) is 11.7 Å². The van der Waals surface area contributed by atoms with E-state index in [1.165, 1.54) is 4.90 Å². The molecule has 1 fully saturated rings. The summed E-state index contributed by atoms with van der Waals surface area (Å²) in [6, 6.07) is -1.04. The van der Waals surface area contributed by atoms with Gasteiger partial charge in [0.2, 0.25) is 0 Å². The average Bonchev–Trinajstić information content (AvgIpc) is 1.98. The third kappa shape index (κ3) is 3.97. The number of amides is 2. The van der Waals surface area contributed by atoms with Crippen LogP contribution in [-0.4, -0.2) is 30.3 Å². The van der Waals surface area contributed by atoms with Crippen LogP contribution in [0.2, 0.25) is 0 Å². The van der Waals surface area contributed by atoms with Gasteiger partial charge in [0.1, 0.15) is 0 Å². The Morgan fingerprint density at radius 2 is 1.73 bits per heavy atom. The molecule has 2 atom stereocenters. The molecule has 2 amide bonds. The van der Waals surface area contributed by atoms with Gasteiger partial charge in [0, 0.05) is 13.1 Å². The van der Waals surface area contributed by atoms with Gasteiger partial charge in [0.05, 0.1) is 0 Å². The first kappa shape index (κ1) is 12.1. The van der Waals surface area contributed by atoms with Crippen molar-refractivity contribution in [2.24, 2.45) is 11.8 Å². The molecule has 0 aromatic carbocycles. The molecule has 15 heavy (non-hydrogen) atoms. The van der Waals surface area contributed by atoms with Crippen LogP contribution < -0.4 is 5.32 Å². The lowest BCUT2D eigenvalue weighted by Gasteiger charge is -2.35. The summed E-state index contributed by atoms with van der Waals surface area (Å²) >= 11 is 0. The summed E-state index contributed by atoms with van der Waals surface area (Å²) in [6.07, 6.45) is -3.68. The highest BCUT2D eigenvalue weighted by Gasteiger charge is 2.34. The van der Waals surface area contributed by atoms with Crippen molar-refractivity contribution in [3.8, 4) is 0 Å². The number of carbonyl (C=O) groups excluding carboxylic acids is 1. The van der Waals surface area contributed by atoms with E-state index in [0.29, 0.717) is 13.1 Å². The monoisotopic (exact) mass is 224 g/mol. The van der Waals surface area contributed by atoms with Crippen LogP contribution in [0.5, 0.6) is 0 Å². The normalized spacial score (nSPS) is 27.7. The Balaban J connectivity index is 2.52. The minimum Gasteiger partial charge on any atom is -0.324 e. The standard InChI is InChI=1S/C9H15F3N2O/c1-6-3-7(2)5-14(4-6)8(15)13-9(10,11)12/h6-7H,3-5H2,1-2H3,(H,13,15). The van der Waals surface area contributed by atoms with E-state index in [1.54, 1.807) is 0 Å². The van der Waals surface area contributed by atoms with Crippen molar-refractivity contribution in [1.29, 1.82) is 0 Å². The van der Waals surface area contributed by atoms with E-state index >= 15 is 0 Å². The predicted molar refractivity (Wildman–Crippen MR) is 49.1 cm³/mol. The van der Waals surface area contributed by atoms with Crippen LogP contribution in [0, 0.1) is 11.8 Å². The van der Waals surface area contributed by atoms with Crippen molar-refractivity contribution in [1.82, 2.24) is 10.2 Å². The number of rotatable bonds is 0. The van der Waals surface area contributed by atoms with Crippen molar-refractivity contribution in [3.63, 3.8) is 0 Å². The SMILES string of the molecule is CC1CC(C)CN(C(=O)NC(F)(F)F)C1. The Kier molecular flexibility index (Phi) is 3.46. The average molecular weight is 224 g/mol. The molecule has 0 saturated carbocycles. The van der Waals surface area contributed by atoms with Gasteiger partial charge in [-0.05, 0) is 18.3 Å². The van der Waals surface area contributed by atoms with Gasteiger partial charge < -0.3 is 4.90 Å². The van der Waals surface area contributed by atoms with Crippen molar-refractivity contribution in [3.05, 3.63) is 0 Å². The molecule has 0 aromatic heterocycles. The third-order valence-corrected chi connectivity index (χ3v) is 2.40. The number of nitrogens with zero attached hydrogens (tertiary/aromatic N) is 1. The number of piperidine rings is 1. The molecule has 6 heteroatoms. The van der Waals surface area contributed by atoms with E-state index in [4.69, 9.17) is 0 Å². The Morgan fingerprint density at radius 1 is 1.27 bits per heavy atom. The van der Waals surface area contributed by atoms with Crippen LogP contribution >= 0.6 is 0 Å². The van der Waals surface area contributed by atoms with Crippen molar-refractivity contribution >= 4 is 6.03 Å². The number of hydrogen-bond donors (Lipinski definition) is 1. The number of likely N-dealkylation sites (tertiary alicyclic amines) is 1. The lowest BCUT2D eigenvalue weighted by Crippen LogP contribution is -2.51. The summed E-state index contributed by atoms with van der Waals surface area (Å²) in [7, 11) is 0. The summed E-state index contributed by atoms with van der Waals surface area (Å²) in [6.45, 7) is 4.66. The van der Waals surface area contributed by atoms with Gasteiger partial charge in [-0.15, -0.1) is 0 Å². The zero-order chi connectivity index (χ0) is 11.6. The zero-order valence-corrected chi connectivity index (χ0v) is 8.77. The molecule has 1 saturated heterocycles. The summed E-state index contributed by atoms with van der Waals surface area (Å²) in [5.74, 6) is 0.514. The van der Waals surface area contributed by atoms with Crippen LogP contribution in [0.3, 0.4) is 0 Å². The van der Waals surface area contributed by atoms with E-state index in [9.17, 15) is 18.0 Å². The molecule has 3 nitrogen and oxygen atoms in total. The molecule has 1 N–H and O–H groups in total. The number of halogens is 3. The maximum Gasteiger partial charge on any atom is 0.485 e. The Morgan fingerprint density at radius 3 is 2.13 bits per heavy atom. The summed E-state index contributed by atoms with van der Waals surface area (Å²) in [5, 5.41) is 1.02. The summed E-state index contributed by atoms with van der Waals surface area (Å²) in [4.78, 5) is 12.4. The minimum atomic E-state index is -4.64. The second-order valence-electron chi connectivity index (χ2n) is 4.28. The van der Waals surface area contributed by atoms with Crippen LogP contribution in [0.15, 0.2) is 0 Å². The highest BCUT2D eigenvalue weighted by molar-refractivity contribution is 5.74. The highest BCUT2D eigenvalue weighted by Crippen LogP contribution is 2.21. The molecule has 1 rings (SSSR count).